The second kappa shape index (κ2) is 12.9. The van der Waals surface area contributed by atoms with E-state index in [1.54, 1.807) is 18.2 Å². The van der Waals surface area contributed by atoms with Crippen molar-refractivity contribution < 1.29 is 9.50 Å². The molecule has 1 fully saturated rings. The molecule has 0 aromatic carbocycles. The minimum absolute atomic E-state index is 0.0311. The van der Waals surface area contributed by atoms with Crippen molar-refractivity contribution in [2.75, 3.05) is 0 Å². The highest BCUT2D eigenvalue weighted by Crippen LogP contribution is 2.29. The summed E-state index contributed by atoms with van der Waals surface area (Å²) in [7, 11) is 0. The molecule has 130 valence electrons. The van der Waals surface area contributed by atoms with Gasteiger partial charge in [-0.15, -0.1) is 0 Å². The fraction of sp³-hybridized carbons (Fsp3) is 0.524. The van der Waals surface area contributed by atoms with Crippen LogP contribution in [0.1, 0.15) is 66.2 Å². The average Bonchev–Trinajstić information content (AvgIpc) is 2.59. The molecule has 0 radical (unpaired) electrons. The number of aliphatic hydroxyl groups excluding tert-OH is 1. The van der Waals surface area contributed by atoms with Crippen LogP contribution in [0.25, 0.3) is 0 Å². The Kier molecular flexibility index (Phi) is 12.0. The summed E-state index contributed by atoms with van der Waals surface area (Å²) >= 11 is 0. The van der Waals surface area contributed by atoms with Gasteiger partial charge >= 0.3 is 0 Å². The summed E-state index contributed by atoms with van der Waals surface area (Å²) in [5.41, 5.74) is 1.33. The van der Waals surface area contributed by atoms with Crippen LogP contribution in [-0.2, 0) is 0 Å². The Morgan fingerprint density at radius 1 is 1.09 bits per heavy atom. The summed E-state index contributed by atoms with van der Waals surface area (Å²) in [4.78, 5) is 0. The zero-order valence-electron chi connectivity index (χ0n) is 15.2. The Balaban J connectivity index is 0.00000232. The van der Waals surface area contributed by atoms with Gasteiger partial charge in [0.1, 0.15) is 11.6 Å². The lowest BCUT2D eigenvalue weighted by Crippen LogP contribution is -2.05. The highest BCUT2D eigenvalue weighted by atomic mass is 19.1. The third-order valence-corrected chi connectivity index (χ3v) is 3.98. The first kappa shape index (κ1) is 21.4. The maximum Gasteiger partial charge on any atom is 0.126 e. The molecule has 1 rings (SSSR count). The standard InChI is InChI=1S/C19H27FO.C2H6/c1-4-17(13-11-15(3)21)18(5-2)19(20)14-12-16-9-7-6-8-10-16;1-2/h4-5,11,13-14,16,21H,3,6-10,12H2,1-2H3;1-2H3/b13-11-,17-4+,18-5-,19-14+;. The number of hydrogen-bond acceptors (Lipinski definition) is 1. The summed E-state index contributed by atoms with van der Waals surface area (Å²) in [5.74, 6) is 0.421. The predicted molar refractivity (Wildman–Crippen MR) is 100 cm³/mol. The van der Waals surface area contributed by atoms with E-state index in [9.17, 15) is 4.39 Å². The first-order chi connectivity index (χ1) is 11.1. The second-order valence-corrected chi connectivity index (χ2v) is 5.56. The van der Waals surface area contributed by atoms with Gasteiger partial charge < -0.3 is 5.11 Å². The lowest BCUT2D eigenvalue weighted by atomic mass is 9.86. The molecule has 23 heavy (non-hydrogen) atoms. The van der Waals surface area contributed by atoms with E-state index in [1.807, 2.05) is 33.8 Å². The summed E-state index contributed by atoms with van der Waals surface area (Å²) in [6, 6.07) is 0. The zero-order chi connectivity index (χ0) is 17.7. The van der Waals surface area contributed by atoms with Crippen molar-refractivity contribution in [1.29, 1.82) is 0 Å². The summed E-state index contributed by atoms with van der Waals surface area (Å²) in [6.45, 7) is 11.1. The predicted octanol–water partition coefficient (Wildman–Crippen LogP) is 7.36. The van der Waals surface area contributed by atoms with Crippen LogP contribution >= 0.6 is 0 Å². The molecule has 1 N–H and O–H groups in total. The van der Waals surface area contributed by atoms with E-state index in [2.05, 4.69) is 6.58 Å². The molecule has 0 saturated heterocycles. The van der Waals surface area contributed by atoms with Gasteiger partial charge in [0.15, 0.2) is 0 Å². The monoisotopic (exact) mass is 320 g/mol. The van der Waals surface area contributed by atoms with E-state index in [0.29, 0.717) is 11.5 Å². The minimum atomic E-state index is -0.177. The highest BCUT2D eigenvalue weighted by Gasteiger charge is 2.13. The lowest BCUT2D eigenvalue weighted by molar-refractivity contribution is 0.359. The van der Waals surface area contributed by atoms with Crippen LogP contribution in [0.15, 0.2) is 59.7 Å². The normalized spacial score (nSPS) is 17.9. The summed E-state index contributed by atoms with van der Waals surface area (Å²) < 4.78 is 14.4. The molecular formula is C21H33FO. The Morgan fingerprint density at radius 3 is 2.17 bits per heavy atom. The number of halogens is 1. The smallest absolute Gasteiger partial charge is 0.126 e. The maximum atomic E-state index is 14.4. The molecule has 0 aromatic rings. The van der Waals surface area contributed by atoms with Crippen molar-refractivity contribution in [2.24, 2.45) is 5.92 Å². The number of hydrogen-bond donors (Lipinski definition) is 1. The average molecular weight is 320 g/mol. The van der Waals surface area contributed by atoms with E-state index in [1.165, 1.54) is 38.2 Å². The first-order valence-electron chi connectivity index (χ1n) is 8.83. The largest absolute Gasteiger partial charge is 0.509 e. The molecule has 0 atom stereocenters. The van der Waals surface area contributed by atoms with Crippen LogP contribution in [0, 0.1) is 5.92 Å². The van der Waals surface area contributed by atoms with E-state index in [-0.39, 0.29) is 11.6 Å². The van der Waals surface area contributed by atoms with Crippen LogP contribution in [0.5, 0.6) is 0 Å². The van der Waals surface area contributed by atoms with E-state index in [4.69, 9.17) is 5.11 Å². The Bertz CT molecular complexity index is 460. The zero-order valence-corrected chi connectivity index (χ0v) is 15.2. The third-order valence-electron chi connectivity index (χ3n) is 3.98. The quantitative estimate of drug-likeness (QED) is 0.400. The molecule has 1 nitrogen and oxygen atoms in total. The van der Waals surface area contributed by atoms with Crippen LogP contribution in [0.4, 0.5) is 4.39 Å². The van der Waals surface area contributed by atoms with Crippen molar-refractivity contribution in [2.45, 2.75) is 66.2 Å². The molecule has 0 amide bonds. The van der Waals surface area contributed by atoms with E-state index >= 15 is 0 Å². The Labute approximate surface area is 142 Å². The van der Waals surface area contributed by atoms with Gasteiger partial charge in [0, 0.05) is 5.57 Å². The highest BCUT2D eigenvalue weighted by molar-refractivity contribution is 5.49. The lowest BCUT2D eigenvalue weighted by Gasteiger charge is -2.20. The summed E-state index contributed by atoms with van der Waals surface area (Å²) in [6.07, 6.45) is 15.6. The number of aliphatic hydroxyl groups is 1. The van der Waals surface area contributed by atoms with Gasteiger partial charge in [-0.05, 0) is 43.9 Å². The van der Waals surface area contributed by atoms with Crippen LogP contribution in [-0.4, -0.2) is 5.11 Å². The Morgan fingerprint density at radius 2 is 1.70 bits per heavy atom. The van der Waals surface area contributed by atoms with Gasteiger partial charge in [0.2, 0.25) is 0 Å². The molecule has 0 aromatic heterocycles. The van der Waals surface area contributed by atoms with Crippen molar-refractivity contribution in [1.82, 2.24) is 0 Å². The van der Waals surface area contributed by atoms with Gasteiger partial charge in [0.25, 0.3) is 0 Å². The van der Waals surface area contributed by atoms with Gasteiger partial charge in [-0.25, -0.2) is 4.39 Å². The molecule has 1 aliphatic rings. The minimum Gasteiger partial charge on any atom is -0.509 e. The van der Waals surface area contributed by atoms with Gasteiger partial charge in [-0.2, -0.15) is 0 Å². The van der Waals surface area contributed by atoms with Crippen LogP contribution in [0.2, 0.25) is 0 Å². The Hall–Kier alpha value is -1.57. The van der Waals surface area contributed by atoms with Gasteiger partial charge in [-0.3, -0.25) is 0 Å². The molecule has 2 heteroatoms. The maximum absolute atomic E-state index is 14.4. The van der Waals surface area contributed by atoms with E-state index in [0.717, 1.165) is 12.0 Å². The fourth-order valence-corrected chi connectivity index (χ4v) is 2.77. The molecule has 0 spiro atoms. The molecule has 0 heterocycles. The van der Waals surface area contributed by atoms with Crippen molar-refractivity contribution in [3.8, 4) is 0 Å². The molecular weight excluding hydrogens is 287 g/mol. The van der Waals surface area contributed by atoms with E-state index < -0.39 is 0 Å². The van der Waals surface area contributed by atoms with Gasteiger partial charge in [0.05, 0.1) is 0 Å². The van der Waals surface area contributed by atoms with Crippen molar-refractivity contribution in [3.05, 3.63) is 59.7 Å². The van der Waals surface area contributed by atoms with Crippen molar-refractivity contribution >= 4 is 0 Å². The third kappa shape index (κ3) is 8.59. The first-order valence-corrected chi connectivity index (χ1v) is 8.83. The van der Waals surface area contributed by atoms with Crippen molar-refractivity contribution in [3.63, 3.8) is 0 Å². The topological polar surface area (TPSA) is 20.2 Å². The van der Waals surface area contributed by atoms with Gasteiger partial charge in [-0.1, -0.05) is 70.8 Å². The number of allylic oxidation sites excluding steroid dienone is 8. The fourth-order valence-electron chi connectivity index (χ4n) is 2.77. The molecule has 0 aliphatic heterocycles. The second-order valence-electron chi connectivity index (χ2n) is 5.56. The van der Waals surface area contributed by atoms with Crippen LogP contribution < -0.4 is 0 Å². The molecule has 1 aliphatic carbocycles. The molecule has 0 bridgehead atoms. The number of rotatable bonds is 6. The van der Waals surface area contributed by atoms with Crippen LogP contribution in [0.3, 0.4) is 0 Å². The molecule has 1 saturated carbocycles. The SMILES string of the molecule is C=C(O)\C=C/C(=C\C)C(=C/C)/C(F)=C\CC1CCCCC1.CC. The summed E-state index contributed by atoms with van der Waals surface area (Å²) in [5, 5.41) is 9.13. The molecule has 0 unspecified atom stereocenters.